The van der Waals surface area contributed by atoms with Crippen molar-refractivity contribution >= 4 is 11.6 Å². The van der Waals surface area contributed by atoms with Crippen molar-refractivity contribution in [2.75, 3.05) is 12.8 Å². The predicted molar refractivity (Wildman–Crippen MR) is 75.6 cm³/mol. The highest BCUT2D eigenvalue weighted by molar-refractivity contribution is 5.92. The molecule has 4 nitrogen and oxygen atoms in total. The molecule has 0 spiro atoms. The molecule has 0 unspecified atom stereocenters. The Kier molecular flexibility index (Phi) is 3.80. The zero-order valence-corrected chi connectivity index (χ0v) is 11.1. The molecule has 4 heteroatoms. The van der Waals surface area contributed by atoms with Crippen LogP contribution in [-0.4, -0.2) is 22.8 Å². The van der Waals surface area contributed by atoms with Crippen LogP contribution in [-0.2, 0) is 6.54 Å². The van der Waals surface area contributed by atoms with Gasteiger partial charge in [-0.3, -0.25) is 4.79 Å². The van der Waals surface area contributed by atoms with Gasteiger partial charge in [0.15, 0.2) is 0 Å². The summed E-state index contributed by atoms with van der Waals surface area (Å²) in [6.07, 6.45) is 0. The number of anilines is 1. The second-order valence-electron chi connectivity index (χ2n) is 4.57. The monoisotopic (exact) mass is 255 g/mol. The molecule has 2 N–H and O–H groups in total. The number of pyridine rings is 1. The van der Waals surface area contributed by atoms with Gasteiger partial charge in [-0.15, -0.1) is 0 Å². The van der Waals surface area contributed by atoms with Crippen molar-refractivity contribution in [1.82, 2.24) is 9.88 Å². The summed E-state index contributed by atoms with van der Waals surface area (Å²) in [4.78, 5) is 18.1. The van der Waals surface area contributed by atoms with E-state index in [1.54, 1.807) is 18.0 Å². The zero-order valence-electron chi connectivity index (χ0n) is 11.1. The van der Waals surface area contributed by atoms with E-state index in [1.807, 2.05) is 43.3 Å². The first-order valence-corrected chi connectivity index (χ1v) is 6.10. The molecule has 0 aliphatic rings. The fraction of sp³-hybridized carbons (Fsp3) is 0.200. The molecular formula is C15H17N3O. The van der Waals surface area contributed by atoms with Gasteiger partial charge in [-0.05, 0) is 36.8 Å². The van der Waals surface area contributed by atoms with E-state index in [0.717, 1.165) is 16.9 Å². The lowest BCUT2D eigenvalue weighted by Gasteiger charge is -2.17. The number of carbonyl (C=O) groups excluding carboxylic acids is 1. The first kappa shape index (κ1) is 13.1. The van der Waals surface area contributed by atoms with Crippen LogP contribution >= 0.6 is 0 Å². The molecule has 98 valence electrons. The van der Waals surface area contributed by atoms with Gasteiger partial charge in [0, 0.05) is 25.0 Å². The highest BCUT2D eigenvalue weighted by Crippen LogP contribution is 2.10. The summed E-state index contributed by atoms with van der Waals surface area (Å²) in [7, 11) is 1.77. The van der Waals surface area contributed by atoms with Crippen molar-refractivity contribution in [3.8, 4) is 0 Å². The van der Waals surface area contributed by atoms with Crippen LogP contribution in [0, 0.1) is 6.92 Å². The molecule has 1 heterocycles. The summed E-state index contributed by atoms with van der Waals surface area (Å²) in [5.74, 6) is -0.0828. The van der Waals surface area contributed by atoms with Crippen molar-refractivity contribution in [3.05, 3.63) is 59.4 Å². The van der Waals surface area contributed by atoms with E-state index < -0.39 is 0 Å². The highest BCUT2D eigenvalue weighted by atomic mass is 16.2. The Balaban J connectivity index is 2.09. The van der Waals surface area contributed by atoms with E-state index in [2.05, 4.69) is 4.98 Å². The number of aryl methyl sites for hydroxylation is 1. The van der Waals surface area contributed by atoms with Gasteiger partial charge in [-0.1, -0.05) is 18.2 Å². The zero-order chi connectivity index (χ0) is 13.8. The number of nitrogens with zero attached hydrogens (tertiary/aromatic N) is 2. The number of hydrogen-bond acceptors (Lipinski definition) is 3. The van der Waals surface area contributed by atoms with E-state index in [1.165, 1.54) is 0 Å². The lowest BCUT2D eigenvalue weighted by molar-refractivity contribution is 0.0779. The Labute approximate surface area is 112 Å². The molecule has 0 aliphatic heterocycles. The van der Waals surface area contributed by atoms with Gasteiger partial charge in [-0.2, -0.15) is 0 Å². The number of rotatable bonds is 3. The number of aromatic nitrogens is 1. The normalized spacial score (nSPS) is 10.2. The number of hydrogen-bond donors (Lipinski definition) is 1. The van der Waals surface area contributed by atoms with Gasteiger partial charge in [0.2, 0.25) is 0 Å². The summed E-state index contributed by atoms with van der Waals surface area (Å²) in [5, 5.41) is 0. The molecule has 1 aromatic heterocycles. The second kappa shape index (κ2) is 5.52. The Morgan fingerprint density at radius 2 is 1.89 bits per heavy atom. The van der Waals surface area contributed by atoms with Gasteiger partial charge in [0.05, 0.1) is 0 Å². The standard InChI is InChI=1S/C15H17N3O/c1-11-4-3-5-14(17-11)15(19)18(2)10-12-6-8-13(16)9-7-12/h3-9H,10,16H2,1-2H3. The molecule has 0 saturated carbocycles. The lowest BCUT2D eigenvalue weighted by Crippen LogP contribution is -2.27. The molecule has 19 heavy (non-hydrogen) atoms. The molecule has 0 bridgehead atoms. The van der Waals surface area contributed by atoms with Crippen LogP contribution in [0.3, 0.4) is 0 Å². The molecule has 0 saturated heterocycles. The van der Waals surface area contributed by atoms with Crippen molar-refractivity contribution in [3.63, 3.8) is 0 Å². The summed E-state index contributed by atoms with van der Waals surface area (Å²) in [5.41, 5.74) is 8.70. The van der Waals surface area contributed by atoms with E-state index in [9.17, 15) is 4.79 Å². The van der Waals surface area contributed by atoms with Gasteiger partial charge in [0.1, 0.15) is 5.69 Å². The molecule has 0 radical (unpaired) electrons. The Bertz CT molecular complexity index is 578. The minimum absolute atomic E-state index is 0.0828. The van der Waals surface area contributed by atoms with Crippen LogP contribution in [0.5, 0.6) is 0 Å². The third-order valence-corrected chi connectivity index (χ3v) is 2.85. The maximum Gasteiger partial charge on any atom is 0.272 e. The average molecular weight is 255 g/mol. The molecule has 1 aromatic carbocycles. The number of nitrogen functional groups attached to an aromatic ring is 1. The fourth-order valence-corrected chi connectivity index (χ4v) is 1.83. The minimum atomic E-state index is -0.0828. The molecule has 0 atom stereocenters. The number of benzene rings is 1. The second-order valence-corrected chi connectivity index (χ2v) is 4.57. The third-order valence-electron chi connectivity index (χ3n) is 2.85. The highest BCUT2D eigenvalue weighted by Gasteiger charge is 2.13. The smallest absolute Gasteiger partial charge is 0.272 e. The summed E-state index contributed by atoms with van der Waals surface area (Å²) < 4.78 is 0. The van der Waals surface area contributed by atoms with E-state index in [0.29, 0.717) is 12.2 Å². The Hall–Kier alpha value is -2.36. The SMILES string of the molecule is Cc1cccc(C(=O)N(C)Cc2ccc(N)cc2)n1. The van der Waals surface area contributed by atoms with Gasteiger partial charge in [-0.25, -0.2) is 4.98 Å². The van der Waals surface area contributed by atoms with E-state index in [4.69, 9.17) is 5.73 Å². The Morgan fingerprint density at radius 1 is 1.21 bits per heavy atom. The molecule has 2 aromatic rings. The first-order valence-electron chi connectivity index (χ1n) is 6.10. The van der Waals surface area contributed by atoms with E-state index in [-0.39, 0.29) is 5.91 Å². The maximum absolute atomic E-state index is 12.2. The van der Waals surface area contributed by atoms with Crippen molar-refractivity contribution in [2.24, 2.45) is 0 Å². The predicted octanol–water partition coefficient (Wildman–Crippen LogP) is 2.24. The largest absolute Gasteiger partial charge is 0.399 e. The fourth-order valence-electron chi connectivity index (χ4n) is 1.83. The number of nitrogens with two attached hydrogens (primary N) is 1. The quantitative estimate of drug-likeness (QED) is 0.856. The van der Waals surface area contributed by atoms with Crippen LogP contribution in [0.25, 0.3) is 0 Å². The Morgan fingerprint density at radius 3 is 2.53 bits per heavy atom. The molecule has 1 amide bonds. The first-order chi connectivity index (χ1) is 9.06. The van der Waals surface area contributed by atoms with Gasteiger partial charge < -0.3 is 10.6 Å². The van der Waals surface area contributed by atoms with Gasteiger partial charge >= 0.3 is 0 Å². The van der Waals surface area contributed by atoms with Gasteiger partial charge in [0.25, 0.3) is 5.91 Å². The van der Waals surface area contributed by atoms with Crippen molar-refractivity contribution < 1.29 is 4.79 Å². The number of amides is 1. The van der Waals surface area contributed by atoms with Crippen LogP contribution in [0.15, 0.2) is 42.5 Å². The van der Waals surface area contributed by atoms with Crippen LogP contribution in [0.4, 0.5) is 5.69 Å². The lowest BCUT2D eigenvalue weighted by atomic mass is 10.2. The molecular weight excluding hydrogens is 238 g/mol. The summed E-state index contributed by atoms with van der Waals surface area (Å²) in [6.45, 7) is 2.41. The molecule has 0 fully saturated rings. The molecule has 0 aliphatic carbocycles. The topological polar surface area (TPSA) is 59.2 Å². The van der Waals surface area contributed by atoms with E-state index >= 15 is 0 Å². The third kappa shape index (κ3) is 3.31. The van der Waals surface area contributed by atoms with Crippen LogP contribution in [0.2, 0.25) is 0 Å². The summed E-state index contributed by atoms with van der Waals surface area (Å²) in [6, 6.07) is 12.9. The average Bonchev–Trinajstić information content (AvgIpc) is 2.40. The number of carbonyl (C=O) groups is 1. The molecule has 2 rings (SSSR count). The summed E-state index contributed by atoms with van der Waals surface area (Å²) >= 11 is 0. The van der Waals surface area contributed by atoms with Crippen LogP contribution < -0.4 is 5.73 Å². The van der Waals surface area contributed by atoms with Crippen molar-refractivity contribution in [2.45, 2.75) is 13.5 Å². The minimum Gasteiger partial charge on any atom is -0.399 e. The van der Waals surface area contributed by atoms with Crippen LogP contribution in [0.1, 0.15) is 21.7 Å². The maximum atomic E-state index is 12.2. The van der Waals surface area contributed by atoms with Crippen molar-refractivity contribution in [1.29, 1.82) is 0 Å².